The SMILES string of the molecule is CC(C(=O)NC1CCCC1)N(Cc1ccccc1F)C(=O)COc1ccc2ccccc2c1Br. The van der Waals surface area contributed by atoms with Gasteiger partial charge in [0.1, 0.15) is 17.6 Å². The smallest absolute Gasteiger partial charge is 0.261 e. The summed E-state index contributed by atoms with van der Waals surface area (Å²) in [5, 5.41) is 5.06. The third kappa shape index (κ3) is 5.58. The minimum atomic E-state index is -0.767. The van der Waals surface area contributed by atoms with Gasteiger partial charge in [0.15, 0.2) is 6.61 Å². The van der Waals surface area contributed by atoms with Crippen LogP contribution >= 0.6 is 15.9 Å². The number of benzene rings is 3. The lowest BCUT2D eigenvalue weighted by Crippen LogP contribution is -2.50. The fourth-order valence-corrected chi connectivity index (χ4v) is 4.94. The van der Waals surface area contributed by atoms with Crippen molar-refractivity contribution >= 4 is 38.5 Å². The number of ether oxygens (including phenoxy) is 1. The molecular formula is C27H28BrFN2O3. The van der Waals surface area contributed by atoms with E-state index in [1.807, 2.05) is 30.3 Å². The summed E-state index contributed by atoms with van der Waals surface area (Å²) >= 11 is 3.57. The molecule has 178 valence electrons. The third-order valence-corrected chi connectivity index (χ3v) is 7.16. The summed E-state index contributed by atoms with van der Waals surface area (Å²) in [6, 6.07) is 17.2. The van der Waals surface area contributed by atoms with E-state index in [9.17, 15) is 14.0 Å². The lowest BCUT2D eigenvalue weighted by molar-refractivity contribution is -0.142. The second-order valence-electron chi connectivity index (χ2n) is 8.67. The second-order valence-corrected chi connectivity index (χ2v) is 9.46. The maximum absolute atomic E-state index is 14.4. The summed E-state index contributed by atoms with van der Waals surface area (Å²) in [6.45, 7) is 1.38. The minimum Gasteiger partial charge on any atom is -0.483 e. The van der Waals surface area contributed by atoms with Gasteiger partial charge in [-0.25, -0.2) is 4.39 Å². The minimum absolute atomic E-state index is 0.0208. The van der Waals surface area contributed by atoms with E-state index < -0.39 is 17.8 Å². The fraction of sp³-hybridized carbons (Fsp3) is 0.333. The van der Waals surface area contributed by atoms with E-state index in [0.717, 1.165) is 40.9 Å². The Kier molecular flexibility index (Phi) is 7.83. The van der Waals surface area contributed by atoms with Crippen molar-refractivity contribution in [2.45, 2.75) is 51.2 Å². The average molecular weight is 527 g/mol. The number of carbonyl (C=O) groups excluding carboxylic acids is 2. The molecule has 0 radical (unpaired) electrons. The molecule has 1 atom stereocenters. The molecule has 2 amide bonds. The molecule has 0 aromatic heterocycles. The van der Waals surface area contributed by atoms with Crippen LogP contribution in [0, 0.1) is 5.82 Å². The zero-order valence-corrected chi connectivity index (χ0v) is 20.7. The van der Waals surface area contributed by atoms with Crippen molar-refractivity contribution in [1.29, 1.82) is 0 Å². The van der Waals surface area contributed by atoms with E-state index in [2.05, 4.69) is 21.2 Å². The van der Waals surface area contributed by atoms with Gasteiger partial charge in [0.2, 0.25) is 5.91 Å². The Morgan fingerprint density at radius 1 is 1.09 bits per heavy atom. The molecule has 0 heterocycles. The summed E-state index contributed by atoms with van der Waals surface area (Å²) in [6.07, 6.45) is 4.06. The molecular weight excluding hydrogens is 499 g/mol. The Morgan fingerprint density at radius 2 is 1.79 bits per heavy atom. The fourth-order valence-electron chi connectivity index (χ4n) is 4.33. The van der Waals surface area contributed by atoms with Gasteiger partial charge in [0.05, 0.1) is 4.47 Å². The Morgan fingerprint density at radius 3 is 2.56 bits per heavy atom. The highest BCUT2D eigenvalue weighted by Crippen LogP contribution is 2.33. The van der Waals surface area contributed by atoms with E-state index >= 15 is 0 Å². The van der Waals surface area contributed by atoms with E-state index in [1.165, 1.54) is 11.0 Å². The number of fused-ring (bicyclic) bond motifs is 1. The van der Waals surface area contributed by atoms with Crippen LogP contribution < -0.4 is 10.1 Å². The number of rotatable bonds is 8. The lowest BCUT2D eigenvalue weighted by atomic mass is 10.1. The molecule has 4 rings (SSSR count). The van der Waals surface area contributed by atoms with Gasteiger partial charge < -0.3 is 15.0 Å². The van der Waals surface area contributed by atoms with Gasteiger partial charge in [-0.05, 0) is 58.6 Å². The summed E-state index contributed by atoms with van der Waals surface area (Å²) in [4.78, 5) is 27.6. The van der Waals surface area contributed by atoms with Gasteiger partial charge in [-0.1, -0.05) is 61.4 Å². The van der Waals surface area contributed by atoms with E-state index in [-0.39, 0.29) is 25.1 Å². The number of nitrogens with zero attached hydrogens (tertiary/aromatic N) is 1. The monoisotopic (exact) mass is 526 g/mol. The molecule has 1 fully saturated rings. The zero-order chi connectivity index (χ0) is 24.1. The highest BCUT2D eigenvalue weighted by atomic mass is 79.9. The molecule has 3 aromatic carbocycles. The Balaban J connectivity index is 1.51. The Bertz CT molecular complexity index is 1180. The van der Waals surface area contributed by atoms with Crippen LogP contribution in [0.5, 0.6) is 5.75 Å². The zero-order valence-electron chi connectivity index (χ0n) is 19.1. The van der Waals surface area contributed by atoms with Gasteiger partial charge in [0.25, 0.3) is 5.91 Å². The number of hydrogen-bond acceptors (Lipinski definition) is 3. The first-order valence-electron chi connectivity index (χ1n) is 11.6. The van der Waals surface area contributed by atoms with Crippen molar-refractivity contribution in [3.8, 4) is 5.75 Å². The molecule has 3 aromatic rings. The van der Waals surface area contributed by atoms with Gasteiger partial charge in [-0.2, -0.15) is 0 Å². The summed E-state index contributed by atoms with van der Waals surface area (Å²) in [7, 11) is 0. The predicted molar refractivity (Wildman–Crippen MR) is 134 cm³/mol. The van der Waals surface area contributed by atoms with Crippen molar-refractivity contribution in [2.75, 3.05) is 6.61 Å². The molecule has 34 heavy (non-hydrogen) atoms. The Labute approximate surface area is 207 Å². The number of hydrogen-bond donors (Lipinski definition) is 1. The van der Waals surface area contributed by atoms with Crippen LogP contribution in [-0.2, 0) is 16.1 Å². The highest BCUT2D eigenvalue weighted by molar-refractivity contribution is 9.10. The molecule has 5 nitrogen and oxygen atoms in total. The number of nitrogens with one attached hydrogen (secondary N) is 1. The molecule has 1 N–H and O–H groups in total. The standard InChI is InChI=1S/C27H28BrFN2O3/c1-18(27(33)30-21-10-4-5-11-21)31(16-20-9-3-7-13-23(20)29)25(32)17-34-24-15-14-19-8-2-6-12-22(19)26(24)28/h2-3,6-9,12-15,18,21H,4-5,10-11,16-17H2,1H3,(H,30,33). The molecule has 0 bridgehead atoms. The number of carbonyl (C=O) groups is 2. The maximum atomic E-state index is 14.4. The Hall–Kier alpha value is -2.93. The molecule has 0 spiro atoms. The van der Waals surface area contributed by atoms with Crippen molar-refractivity contribution in [2.24, 2.45) is 0 Å². The van der Waals surface area contributed by atoms with Crippen molar-refractivity contribution in [3.63, 3.8) is 0 Å². The van der Waals surface area contributed by atoms with Crippen molar-refractivity contribution in [3.05, 3.63) is 76.5 Å². The van der Waals surface area contributed by atoms with Crippen LogP contribution in [0.4, 0.5) is 4.39 Å². The molecule has 0 aliphatic heterocycles. The third-order valence-electron chi connectivity index (χ3n) is 6.35. The maximum Gasteiger partial charge on any atom is 0.261 e. The van der Waals surface area contributed by atoms with Gasteiger partial charge in [-0.3, -0.25) is 9.59 Å². The molecule has 7 heteroatoms. The topological polar surface area (TPSA) is 58.6 Å². The van der Waals surface area contributed by atoms with Gasteiger partial charge >= 0.3 is 0 Å². The van der Waals surface area contributed by atoms with Crippen LogP contribution in [0.1, 0.15) is 38.2 Å². The van der Waals surface area contributed by atoms with E-state index in [4.69, 9.17) is 4.74 Å². The second kappa shape index (κ2) is 11.0. The highest BCUT2D eigenvalue weighted by Gasteiger charge is 2.29. The predicted octanol–water partition coefficient (Wildman–Crippen LogP) is 5.60. The lowest BCUT2D eigenvalue weighted by Gasteiger charge is -2.30. The first kappa shape index (κ1) is 24.2. The molecule has 1 saturated carbocycles. The van der Waals surface area contributed by atoms with Crippen LogP contribution in [0.15, 0.2) is 65.1 Å². The van der Waals surface area contributed by atoms with Crippen molar-refractivity contribution in [1.82, 2.24) is 10.2 Å². The number of halogens is 2. The molecule has 1 unspecified atom stereocenters. The van der Waals surface area contributed by atoms with Gasteiger partial charge in [-0.15, -0.1) is 0 Å². The van der Waals surface area contributed by atoms with Crippen LogP contribution in [0.3, 0.4) is 0 Å². The number of amides is 2. The normalized spacial score (nSPS) is 14.7. The van der Waals surface area contributed by atoms with Crippen LogP contribution in [0.2, 0.25) is 0 Å². The van der Waals surface area contributed by atoms with E-state index in [0.29, 0.717) is 11.3 Å². The summed E-state index contributed by atoms with van der Waals surface area (Å²) in [5.41, 5.74) is 0.350. The molecule has 1 aliphatic rings. The first-order valence-corrected chi connectivity index (χ1v) is 12.4. The van der Waals surface area contributed by atoms with Crippen LogP contribution in [0.25, 0.3) is 10.8 Å². The van der Waals surface area contributed by atoms with Gasteiger partial charge in [0, 0.05) is 18.2 Å². The molecule has 0 saturated heterocycles. The van der Waals surface area contributed by atoms with E-state index in [1.54, 1.807) is 31.2 Å². The molecule has 1 aliphatic carbocycles. The largest absolute Gasteiger partial charge is 0.483 e. The summed E-state index contributed by atoms with van der Waals surface area (Å²) < 4.78 is 21.0. The van der Waals surface area contributed by atoms with Crippen LogP contribution in [-0.4, -0.2) is 35.4 Å². The average Bonchev–Trinajstić information content (AvgIpc) is 3.36. The summed E-state index contributed by atoms with van der Waals surface area (Å²) in [5.74, 6) is -0.510. The van der Waals surface area contributed by atoms with Crippen molar-refractivity contribution < 1.29 is 18.7 Å². The quantitative estimate of drug-likeness (QED) is 0.415. The first-order chi connectivity index (χ1) is 16.4.